The van der Waals surface area contributed by atoms with E-state index in [1.54, 1.807) is 0 Å². The first-order valence-corrected chi connectivity index (χ1v) is 11.5. The number of fused-ring (bicyclic) bond motifs is 1. The average molecular weight is 342 g/mol. The van der Waals surface area contributed by atoms with Crippen LogP contribution in [0.25, 0.3) is 10.8 Å². The Kier molecular flexibility index (Phi) is 4.30. The lowest BCUT2D eigenvalue weighted by atomic mass is 10.0. The predicted octanol–water partition coefficient (Wildman–Crippen LogP) is 4.69. The largest absolute Gasteiger partial charge is 0.410 e. The van der Waals surface area contributed by atoms with E-state index in [0.717, 1.165) is 16.3 Å². The van der Waals surface area contributed by atoms with E-state index in [1.807, 2.05) is 47.4 Å². The number of benzene rings is 2. The van der Waals surface area contributed by atoms with E-state index in [-0.39, 0.29) is 17.0 Å². The quantitative estimate of drug-likeness (QED) is 0.758. The number of likely N-dealkylation sites (tertiary alicyclic amines) is 1. The molecule has 2 aromatic carbocycles. The van der Waals surface area contributed by atoms with E-state index in [9.17, 15) is 4.79 Å². The van der Waals surface area contributed by atoms with Crippen LogP contribution in [0.4, 0.5) is 0 Å². The van der Waals surface area contributed by atoms with Crippen molar-refractivity contribution in [1.29, 1.82) is 0 Å². The lowest BCUT2D eigenvalue weighted by Crippen LogP contribution is -2.59. The summed E-state index contributed by atoms with van der Waals surface area (Å²) in [4.78, 5) is 14.7. The Morgan fingerprint density at radius 1 is 1.08 bits per heavy atom. The number of hydrogen-bond acceptors (Lipinski definition) is 2. The standard InChI is InChI=1S/C20H27NO2Si/c1-20(2,3)24(4,5)23-16-13-21(14-16)19(22)18-12-8-10-15-9-6-7-11-17(15)18/h6-12,16H,13-14H2,1-5H3. The number of hydrogen-bond donors (Lipinski definition) is 0. The van der Waals surface area contributed by atoms with Crippen LogP contribution in [0.15, 0.2) is 42.5 Å². The third kappa shape index (κ3) is 3.13. The van der Waals surface area contributed by atoms with Crippen LogP contribution in [0.3, 0.4) is 0 Å². The summed E-state index contributed by atoms with van der Waals surface area (Å²) in [6, 6.07) is 14.0. The van der Waals surface area contributed by atoms with Gasteiger partial charge in [-0.2, -0.15) is 0 Å². The Morgan fingerprint density at radius 2 is 1.71 bits per heavy atom. The number of nitrogens with zero attached hydrogens (tertiary/aromatic N) is 1. The van der Waals surface area contributed by atoms with Crippen LogP contribution in [0.5, 0.6) is 0 Å². The van der Waals surface area contributed by atoms with Gasteiger partial charge in [0.25, 0.3) is 5.91 Å². The molecule has 0 aromatic heterocycles. The minimum absolute atomic E-state index is 0.113. The molecule has 3 rings (SSSR count). The molecule has 0 bridgehead atoms. The highest BCUT2D eigenvalue weighted by molar-refractivity contribution is 6.74. The van der Waals surface area contributed by atoms with E-state index >= 15 is 0 Å². The van der Waals surface area contributed by atoms with Crippen LogP contribution in [0.2, 0.25) is 18.1 Å². The molecule has 4 heteroatoms. The van der Waals surface area contributed by atoms with Crippen LogP contribution < -0.4 is 0 Å². The zero-order chi connectivity index (χ0) is 17.5. The molecule has 3 nitrogen and oxygen atoms in total. The first kappa shape index (κ1) is 17.2. The van der Waals surface area contributed by atoms with Gasteiger partial charge in [-0.1, -0.05) is 57.2 Å². The number of carbonyl (C=O) groups excluding carboxylic acids is 1. The summed E-state index contributed by atoms with van der Waals surface area (Å²) in [5.41, 5.74) is 0.791. The van der Waals surface area contributed by atoms with Crippen LogP contribution in [0.1, 0.15) is 31.1 Å². The van der Waals surface area contributed by atoms with Gasteiger partial charge in [0.1, 0.15) is 0 Å². The van der Waals surface area contributed by atoms with Crippen molar-refractivity contribution in [3.05, 3.63) is 48.0 Å². The fourth-order valence-electron chi connectivity index (χ4n) is 2.85. The SMILES string of the molecule is CC(C)(C)[Si](C)(C)OC1CN(C(=O)c2cccc3ccccc23)C1. The number of amides is 1. The van der Waals surface area contributed by atoms with Crippen molar-refractivity contribution in [3.8, 4) is 0 Å². The van der Waals surface area contributed by atoms with Crippen LogP contribution in [-0.4, -0.2) is 38.3 Å². The second-order valence-corrected chi connectivity index (χ2v) is 13.0. The van der Waals surface area contributed by atoms with E-state index < -0.39 is 8.32 Å². The first-order valence-electron chi connectivity index (χ1n) is 8.64. The van der Waals surface area contributed by atoms with Crippen LogP contribution in [0, 0.1) is 0 Å². The highest BCUT2D eigenvalue weighted by atomic mass is 28.4. The molecule has 1 fully saturated rings. The molecule has 0 atom stereocenters. The molecule has 0 spiro atoms. The van der Waals surface area contributed by atoms with Crippen molar-refractivity contribution in [2.75, 3.05) is 13.1 Å². The van der Waals surface area contributed by atoms with E-state index in [1.165, 1.54) is 0 Å². The Bertz CT molecular complexity index is 752. The second kappa shape index (κ2) is 6.01. The van der Waals surface area contributed by atoms with Gasteiger partial charge < -0.3 is 9.33 Å². The van der Waals surface area contributed by atoms with Crippen molar-refractivity contribution in [1.82, 2.24) is 4.90 Å². The maximum atomic E-state index is 12.8. The van der Waals surface area contributed by atoms with E-state index in [4.69, 9.17) is 4.43 Å². The molecule has 2 aromatic rings. The van der Waals surface area contributed by atoms with Crippen LogP contribution >= 0.6 is 0 Å². The van der Waals surface area contributed by atoms with E-state index in [2.05, 4.69) is 33.9 Å². The molecule has 0 unspecified atom stereocenters. The van der Waals surface area contributed by atoms with Gasteiger partial charge in [-0.3, -0.25) is 4.79 Å². The third-order valence-corrected chi connectivity index (χ3v) is 9.96. The maximum absolute atomic E-state index is 12.8. The van der Waals surface area contributed by atoms with Gasteiger partial charge in [-0.15, -0.1) is 0 Å². The van der Waals surface area contributed by atoms with Gasteiger partial charge >= 0.3 is 0 Å². The normalized spacial score (nSPS) is 16.3. The minimum atomic E-state index is -1.76. The van der Waals surface area contributed by atoms with Crippen molar-refractivity contribution >= 4 is 25.0 Å². The summed E-state index contributed by atoms with van der Waals surface area (Å²) in [5.74, 6) is 0.113. The van der Waals surface area contributed by atoms with Gasteiger partial charge in [0.05, 0.1) is 6.10 Å². The van der Waals surface area contributed by atoms with Crippen LogP contribution in [-0.2, 0) is 4.43 Å². The lowest BCUT2D eigenvalue weighted by Gasteiger charge is -2.46. The Balaban J connectivity index is 1.69. The monoisotopic (exact) mass is 341 g/mol. The molecular weight excluding hydrogens is 314 g/mol. The average Bonchev–Trinajstić information content (AvgIpc) is 2.48. The molecule has 128 valence electrons. The summed E-state index contributed by atoms with van der Waals surface area (Å²) >= 11 is 0. The van der Waals surface area contributed by atoms with Gasteiger partial charge in [0.2, 0.25) is 0 Å². The third-order valence-electron chi connectivity index (χ3n) is 5.42. The minimum Gasteiger partial charge on any atom is -0.410 e. The van der Waals surface area contributed by atoms with Gasteiger partial charge in [0, 0.05) is 18.7 Å². The van der Waals surface area contributed by atoms with Crippen molar-refractivity contribution in [2.45, 2.75) is 45.0 Å². The molecule has 0 N–H and O–H groups in total. The Labute approximate surface area is 145 Å². The predicted molar refractivity (Wildman–Crippen MR) is 102 cm³/mol. The summed E-state index contributed by atoms with van der Waals surface area (Å²) in [5, 5.41) is 2.34. The summed E-state index contributed by atoms with van der Waals surface area (Å²) in [6.07, 6.45) is 0.185. The Morgan fingerprint density at radius 3 is 2.38 bits per heavy atom. The second-order valence-electron chi connectivity index (χ2n) is 8.24. The zero-order valence-electron chi connectivity index (χ0n) is 15.3. The van der Waals surface area contributed by atoms with Crippen molar-refractivity contribution in [2.24, 2.45) is 0 Å². The summed E-state index contributed by atoms with van der Waals surface area (Å²) in [7, 11) is -1.76. The smallest absolute Gasteiger partial charge is 0.254 e. The molecule has 1 aliphatic heterocycles. The highest BCUT2D eigenvalue weighted by Crippen LogP contribution is 2.38. The molecule has 0 saturated carbocycles. The highest BCUT2D eigenvalue weighted by Gasteiger charge is 2.43. The summed E-state index contributed by atoms with van der Waals surface area (Å²) < 4.78 is 6.39. The topological polar surface area (TPSA) is 29.5 Å². The van der Waals surface area contributed by atoms with Crippen molar-refractivity contribution < 1.29 is 9.22 Å². The zero-order valence-corrected chi connectivity index (χ0v) is 16.3. The molecule has 1 aliphatic rings. The number of rotatable bonds is 3. The number of carbonyl (C=O) groups is 1. The Hall–Kier alpha value is -1.65. The molecule has 1 heterocycles. The van der Waals surface area contributed by atoms with Crippen molar-refractivity contribution in [3.63, 3.8) is 0 Å². The van der Waals surface area contributed by atoms with Gasteiger partial charge in [-0.05, 0) is 35.0 Å². The van der Waals surface area contributed by atoms with E-state index in [0.29, 0.717) is 13.1 Å². The van der Waals surface area contributed by atoms with Gasteiger partial charge in [-0.25, -0.2) is 0 Å². The van der Waals surface area contributed by atoms with Gasteiger partial charge in [0.15, 0.2) is 8.32 Å². The summed E-state index contributed by atoms with van der Waals surface area (Å²) in [6.45, 7) is 12.7. The maximum Gasteiger partial charge on any atom is 0.254 e. The molecule has 0 radical (unpaired) electrons. The lowest BCUT2D eigenvalue weighted by molar-refractivity contribution is 0.0120. The molecule has 1 amide bonds. The molecular formula is C20H27NO2Si. The fourth-order valence-corrected chi connectivity index (χ4v) is 4.19. The molecule has 1 saturated heterocycles. The molecule has 24 heavy (non-hydrogen) atoms. The molecule has 0 aliphatic carbocycles. The first-order chi connectivity index (χ1) is 11.2. The fraction of sp³-hybridized carbons (Fsp3) is 0.450.